The lowest BCUT2D eigenvalue weighted by molar-refractivity contribution is -0.146. The Morgan fingerprint density at radius 3 is 2.50 bits per heavy atom. The molecule has 0 heterocycles. The zero-order chi connectivity index (χ0) is 19.5. The van der Waals surface area contributed by atoms with Crippen molar-refractivity contribution in [3.05, 3.63) is 29.8 Å². The van der Waals surface area contributed by atoms with Crippen molar-refractivity contribution in [1.82, 2.24) is 5.32 Å². The van der Waals surface area contributed by atoms with Crippen LogP contribution in [-0.4, -0.2) is 50.6 Å². The maximum Gasteiger partial charge on any atom is 0.328 e. The van der Waals surface area contributed by atoms with E-state index in [1.807, 2.05) is 0 Å². The van der Waals surface area contributed by atoms with E-state index in [9.17, 15) is 19.2 Å². The molecule has 8 heteroatoms. The summed E-state index contributed by atoms with van der Waals surface area (Å²) in [5.41, 5.74) is 0.813. The van der Waals surface area contributed by atoms with Gasteiger partial charge < -0.3 is 19.7 Å². The van der Waals surface area contributed by atoms with Gasteiger partial charge in [-0.15, -0.1) is 0 Å². The van der Waals surface area contributed by atoms with Gasteiger partial charge >= 0.3 is 11.9 Å². The Labute approximate surface area is 152 Å². The molecule has 0 bridgehead atoms. The molecule has 0 aromatic heterocycles. The molecule has 1 N–H and O–H groups in total. The van der Waals surface area contributed by atoms with E-state index in [1.165, 1.54) is 11.0 Å². The van der Waals surface area contributed by atoms with E-state index in [1.54, 1.807) is 39.1 Å². The molecule has 0 aliphatic rings. The Hall–Kier alpha value is -2.90. The van der Waals surface area contributed by atoms with Crippen molar-refractivity contribution >= 4 is 29.9 Å². The van der Waals surface area contributed by atoms with Crippen LogP contribution in [0.15, 0.2) is 24.3 Å². The second kappa shape index (κ2) is 10.9. The van der Waals surface area contributed by atoms with Crippen LogP contribution < -0.4 is 10.2 Å². The lowest BCUT2D eigenvalue weighted by Crippen LogP contribution is -2.42. The van der Waals surface area contributed by atoms with E-state index < -0.39 is 23.9 Å². The van der Waals surface area contributed by atoms with Gasteiger partial charge in [0.15, 0.2) is 0 Å². The van der Waals surface area contributed by atoms with E-state index in [0.29, 0.717) is 12.1 Å². The Morgan fingerprint density at radius 2 is 1.88 bits per heavy atom. The molecule has 1 rings (SSSR count). The van der Waals surface area contributed by atoms with E-state index in [0.717, 1.165) is 0 Å². The van der Waals surface area contributed by atoms with Crippen LogP contribution in [0.5, 0.6) is 0 Å². The second-order valence-electron chi connectivity index (χ2n) is 5.39. The molecule has 0 aliphatic carbocycles. The minimum absolute atomic E-state index is 0.0223. The minimum atomic E-state index is -0.973. The average Bonchev–Trinajstić information content (AvgIpc) is 2.64. The van der Waals surface area contributed by atoms with E-state index >= 15 is 0 Å². The lowest BCUT2D eigenvalue weighted by Gasteiger charge is -2.18. The molecular formula is C18H24N2O6. The highest BCUT2D eigenvalue weighted by atomic mass is 16.5. The van der Waals surface area contributed by atoms with Crippen LogP contribution in [0.4, 0.5) is 5.69 Å². The molecule has 0 aliphatic heterocycles. The summed E-state index contributed by atoms with van der Waals surface area (Å²) in [6, 6.07) is 5.42. The maximum atomic E-state index is 12.5. The lowest BCUT2D eigenvalue weighted by atomic mass is 10.1. The zero-order valence-electron chi connectivity index (χ0n) is 15.2. The largest absolute Gasteiger partial charge is 0.466 e. The summed E-state index contributed by atoms with van der Waals surface area (Å²) in [7, 11) is 1.56. The van der Waals surface area contributed by atoms with Gasteiger partial charge in [0.2, 0.25) is 6.41 Å². The minimum Gasteiger partial charge on any atom is -0.466 e. The molecule has 0 saturated carbocycles. The van der Waals surface area contributed by atoms with Gasteiger partial charge in [-0.1, -0.05) is 6.07 Å². The Kier molecular flexibility index (Phi) is 8.83. The topological polar surface area (TPSA) is 102 Å². The maximum absolute atomic E-state index is 12.5. The smallest absolute Gasteiger partial charge is 0.328 e. The molecular weight excluding hydrogens is 340 g/mol. The zero-order valence-corrected chi connectivity index (χ0v) is 15.2. The van der Waals surface area contributed by atoms with E-state index in [4.69, 9.17) is 9.47 Å². The third-order valence-electron chi connectivity index (χ3n) is 3.49. The number of esters is 2. The van der Waals surface area contributed by atoms with Gasteiger partial charge in [-0.2, -0.15) is 0 Å². The van der Waals surface area contributed by atoms with Crippen LogP contribution in [0, 0.1) is 0 Å². The molecule has 0 fully saturated rings. The summed E-state index contributed by atoms with van der Waals surface area (Å²) in [6.07, 6.45) is 0.667. The van der Waals surface area contributed by atoms with Crippen LogP contribution in [0.2, 0.25) is 0 Å². The highest BCUT2D eigenvalue weighted by Gasteiger charge is 2.24. The molecule has 142 valence electrons. The van der Waals surface area contributed by atoms with Crippen molar-refractivity contribution in [2.24, 2.45) is 0 Å². The molecule has 1 unspecified atom stereocenters. The number of rotatable bonds is 10. The Morgan fingerprint density at radius 1 is 1.19 bits per heavy atom. The molecule has 8 nitrogen and oxygen atoms in total. The van der Waals surface area contributed by atoms with Gasteiger partial charge in [0.1, 0.15) is 6.04 Å². The fourth-order valence-electron chi connectivity index (χ4n) is 2.16. The Balaban J connectivity index is 2.85. The number of benzene rings is 1. The highest BCUT2D eigenvalue weighted by Crippen LogP contribution is 2.14. The van der Waals surface area contributed by atoms with E-state index in [2.05, 4.69) is 5.32 Å². The van der Waals surface area contributed by atoms with Crippen LogP contribution in [0.25, 0.3) is 0 Å². The number of carbonyl (C=O) groups is 4. The number of amides is 2. The molecule has 1 atom stereocenters. The molecule has 26 heavy (non-hydrogen) atoms. The molecule has 0 spiro atoms. The molecule has 0 radical (unpaired) electrons. The van der Waals surface area contributed by atoms with Gasteiger partial charge in [-0.3, -0.25) is 14.4 Å². The average molecular weight is 364 g/mol. The number of nitrogens with one attached hydrogen (secondary N) is 1. The molecule has 1 aromatic rings. The summed E-state index contributed by atoms with van der Waals surface area (Å²) in [5.74, 6) is -1.58. The summed E-state index contributed by atoms with van der Waals surface area (Å²) in [6.45, 7) is 3.74. The summed E-state index contributed by atoms with van der Waals surface area (Å²) in [4.78, 5) is 48.2. The van der Waals surface area contributed by atoms with Crippen LogP contribution >= 0.6 is 0 Å². The van der Waals surface area contributed by atoms with Gasteiger partial charge in [-0.05, 0) is 38.5 Å². The number of ether oxygens (including phenoxy) is 2. The second-order valence-corrected chi connectivity index (χ2v) is 5.39. The predicted molar refractivity (Wildman–Crippen MR) is 94.7 cm³/mol. The highest BCUT2D eigenvalue weighted by molar-refractivity contribution is 5.98. The molecule has 2 amide bonds. The molecule has 0 saturated heterocycles. The van der Waals surface area contributed by atoms with Crippen LogP contribution in [0.1, 0.15) is 37.0 Å². The van der Waals surface area contributed by atoms with Crippen molar-refractivity contribution in [2.75, 3.05) is 25.2 Å². The van der Waals surface area contributed by atoms with Crippen molar-refractivity contribution in [2.45, 2.75) is 32.7 Å². The first-order chi connectivity index (χ1) is 12.4. The van der Waals surface area contributed by atoms with E-state index in [-0.39, 0.29) is 31.6 Å². The summed E-state index contributed by atoms with van der Waals surface area (Å²) in [5, 5.41) is 2.57. The number of nitrogens with zero attached hydrogens (tertiary/aromatic N) is 1. The standard InChI is InChI=1S/C18H24N2O6/c1-4-25-16(22)10-9-15(18(24)26-5-2)19-17(23)13-7-6-8-14(11-13)20(3)12-21/h6-8,11-12,15H,4-5,9-10H2,1-3H3,(H,19,23). The molecule has 1 aromatic carbocycles. The predicted octanol–water partition coefficient (Wildman–Crippen LogP) is 1.28. The summed E-state index contributed by atoms with van der Waals surface area (Å²) < 4.78 is 9.79. The van der Waals surface area contributed by atoms with Crippen LogP contribution in [-0.2, 0) is 23.9 Å². The number of hydrogen-bond donors (Lipinski definition) is 1. The first-order valence-electron chi connectivity index (χ1n) is 8.34. The van der Waals surface area contributed by atoms with Crippen LogP contribution in [0.3, 0.4) is 0 Å². The van der Waals surface area contributed by atoms with Gasteiger partial charge in [0.05, 0.1) is 13.2 Å². The van der Waals surface area contributed by atoms with Gasteiger partial charge in [0.25, 0.3) is 5.91 Å². The van der Waals surface area contributed by atoms with Crippen molar-refractivity contribution < 1.29 is 28.7 Å². The number of hydrogen-bond acceptors (Lipinski definition) is 6. The van der Waals surface area contributed by atoms with Crippen molar-refractivity contribution in [3.8, 4) is 0 Å². The fraction of sp³-hybridized carbons (Fsp3) is 0.444. The monoisotopic (exact) mass is 364 g/mol. The first-order valence-corrected chi connectivity index (χ1v) is 8.34. The number of anilines is 1. The van der Waals surface area contributed by atoms with Gasteiger partial charge in [-0.25, -0.2) is 4.79 Å². The SMILES string of the molecule is CCOC(=O)CCC(NC(=O)c1cccc(N(C)C=O)c1)C(=O)OCC. The van der Waals surface area contributed by atoms with Gasteiger partial charge in [0, 0.05) is 24.7 Å². The third-order valence-corrected chi connectivity index (χ3v) is 3.49. The van der Waals surface area contributed by atoms with Crippen molar-refractivity contribution in [3.63, 3.8) is 0 Å². The first kappa shape index (κ1) is 21.1. The third kappa shape index (κ3) is 6.54. The Bertz CT molecular complexity index is 646. The normalized spacial score (nSPS) is 11.2. The summed E-state index contributed by atoms with van der Waals surface area (Å²) >= 11 is 0. The number of carbonyl (C=O) groups excluding carboxylic acids is 4. The quantitative estimate of drug-likeness (QED) is 0.496. The van der Waals surface area contributed by atoms with Crippen molar-refractivity contribution in [1.29, 1.82) is 0 Å². The fourth-order valence-corrected chi connectivity index (χ4v) is 2.16.